The summed E-state index contributed by atoms with van der Waals surface area (Å²) in [6.45, 7) is 3.28. The van der Waals surface area contributed by atoms with E-state index < -0.39 is 0 Å². The van der Waals surface area contributed by atoms with E-state index in [-0.39, 0.29) is 11.5 Å². The molecule has 1 aromatic carbocycles. The molecule has 0 unspecified atom stereocenters. The van der Waals surface area contributed by atoms with E-state index in [2.05, 4.69) is 5.32 Å². The smallest absolute Gasteiger partial charge is 0.250 e. The molecular weight excluding hydrogens is 336 g/mol. The van der Waals surface area contributed by atoms with Crippen molar-refractivity contribution in [3.8, 4) is 0 Å². The number of halogens is 1. The number of unbranched alkanes of at least 4 members (excludes halogenated alkanes) is 1. The van der Waals surface area contributed by atoms with Crippen molar-refractivity contribution >= 4 is 17.5 Å². The first-order valence-corrected chi connectivity index (χ1v) is 9.11. The van der Waals surface area contributed by atoms with E-state index in [1.54, 1.807) is 16.7 Å². The van der Waals surface area contributed by atoms with Crippen LogP contribution in [0.25, 0.3) is 0 Å². The van der Waals surface area contributed by atoms with Gasteiger partial charge in [-0.05, 0) is 56.4 Å². The quantitative estimate of drug-likeness (QED) is 0.693. The lowest BCUT2D eigenvalue weighted by atomic mass is 10.1. The predicted octanol–water partition coefficient (Wildman–Crippen LogP) is 3.73. The van der Waals surface area contributed by atoms with Gasteiger partial charge in [0.05, 0.1) is 0 Å². The van der Waals surface area contributed by atoms with Crippen LogP contribution in [-0.2, 0) is 17.8 Å². The molecule has 5 heteroatoms. The van der Waals surface area contributed by atoms with Crippen molar-refractivity contribution in [1.29, 1.82) is 0 Å². The molecule has 0 aliphatic rings. The van der Waals surface area contributed by atoms with Gasteiger partial charge >= 0.3 is 0 Å². The minimum atomic E-state index is 0.0336. The highest BCUT2D eigenvalue weighted by Gasteiger charge is 2.02. The Bertz CT molecular complexity index is 738. The van der Waals surface area contributed by atoms with Gasteiger partial charge in [0.1, 0.15) is 0 Å². The summed E-state index contributed by atoms with van der Waals surface area (Å²) in [6.07, 6.45) is 3.96. The third-order valence-corrected chi connectivity index (χ3v) is 4.43. The van der Waals surface area contributed by atoms with Crippen molar-refractivity contribution < 1.29 is 4.79 Å². The zero-order valence-corrected chi connectivity index (χ0v) is 15.4. The number of nitrogens with one attached hydrogen (secondary N) is 1. The lowest BCUT2D eigenvalue weighted by Gasteiger charge is -2.09. The summed E-state index contributed by atoms with van der Waals surface area (Å²) in [5.74, 6) is 0.0852. The third-order valence-electron chi connectivity index (χ3n) is 4.18. The van der Waals surface area contributed by atoms with Gasteiger partial charge in [0, 0.05) is 36.3 Å². The summed E-state index contributed by atoms with van der Waals surface area (Å²) in [4.78, 5) is 23.6. The number of rotatable bonds is 9. The summed E-state index contributed by atoms with van der Waals surface area (Å²) >= 11 is 5.85. The fraction of sp³-hybridized carbons (Fsp3) is 0.400. The first kappa shape index (κ1) is 19.3. The molecule has 2 rings (SSSR count). The molecule has 1 N–H and O–H groups in total. The standard InChI is InChI=1S/C20H25ClN2O2/c1-16-6-4-9-20(25)23(16)15-3-2-14-22-19(24)8-5-7-17-10-12-18(21)13-11-17/h4,6,9-13H,2-3,5,7-8,14-15H2,1H3,(H,22,24). The van der Waals surface area contributed by atoms with Crippen molar-refractivity contribution in [3.05, 3.63) is 69.1 Å². The number of hydrogen-bond donors (Lipinski definition) is 1. The molecule has 0 bridgehead atoms. The van der Waals surface area contributed by atoms with E-state index in [4.69, 9.17) is 11.6 Å². The normalized spacial score (nSPS) is 10.6. The van der Waals surface area contributed by atoms with Crippen molar-refractivity contribution in [2.45, 2.75) is 45.6 Å². The van der Waals surface area contributed by atoms with Gasteiger partial charge in [-0.1, -0.05) is 29.8 Å². The monoisotopic (exact) mass is 360 g/mol. The van der Waals surface area contributed by atoms with E-state index in [9.17, 15) is 9.59 Å². The maximum atomic E-state index is 11.8. The first-order valence-electron chi connectivity index (χ1n) is 8.74. The van der Waals surface area contributed by atoms with Crippen LogP contribution >= 0.6 is 11.6 Å². The number of aryl methyl sites for hydroxylation is 2. The number of carbonyl (C=O) groups is 1. The Morgan fingerprint density at radius 1 is 1.08 bits per heavy atom. The van der Waals surface area contributed by atoms with E-state index in [0.29, 0.717) is 19.5 Å². The molecule has 1 heterocycles. The molecule has 0 saturated heterocycles. The van der Waals surface area contributed by atoms with E-state index in [1.165, 1.54) is 5.56 Å². The van der Waals surface area contributed by atoms with Gasteiger partial charge < -0.3 is 9.88 Å². The predicted molar refractivity (Wildman–Crippen MR) is 102 cm³/mol. The number of pyridine rings is 1. The van der Waals surface area contributed by atoms with Crippen LogP contribution in [0, 0.1) is 6.92 Å². The van der Waals surface area contributed by atoms with E-state index >= 15 is 0 Å². The topological polar surface area (TPSA) is 51.1 Å². The van der Waals surface area contributed by atoms with Gasteiger partial charge in [-0.15, -0.1) is 0 Å². The molecule has 134 valence electrons. The average molecular weight is 361 g/mol. The second kappa shape index (κ2) is 10.0. The fourth-order valence-electron chi connectivity index (χ4n) is 2.73. The Morgan fingerprint density at radius 2 is 1.84 bits per heavy atom. The van der Waals surface area contributed by atoms with Gasteiger partial charge in [-0.2, -0.15) is 0 Å². The molecule has 0 saturated carbocycles. The minimum Gasteiger partial charge on any atom is -0.356 e. The Hall–Kier alpha value is -2.07. The molecule has 0 aliphatic carbocycles. The summed E-state index contributed by atoms with van der Waals surface area (Å²) in [5.41, 5.74) is 2.20. The maximum Gasteiger partial charge on any atom is 0.250 e. The van der Waals surface area contributed by atoms with Crippen molar-refractivity contribution in [2.24, 2.45) is 0 Å². The molecule has 0 atom stereocenters. The highest BCUT2D eigenvalue weighted by atomic mass is 35.5. The van der Waals surface area contributed by atoms with Crippen LogP contribution in [0.1, 0.15) is 36.9 Å². The molecule has 1 aromatic heterocycles. The number of amides is 1. The summed E-state index contributed by atoms with van der Waals surface area (Å²) in [5, 5.41) is 3.68. The molecule has 2 aromatic rings. The van der Waals surface area contributed by atoms with Gasteiger partial charge in [0.2, 0.25) is 5.91 Å². The minimum absolute atomic E-state index is 0.0336. The van der Waals surface area contributed by atoms with Crippen LogP contribution in [0.5, 0.6) is 0 Å². The number of nitrogens with zero attached hydrogens (tertiary/aromatic N) is 1. The van der Waals surface area contributed by atoms with Crippen LogP contribution < -0.4 is 10.9 Å². The van der Waals surface area contributed by atoms with Gasteiger partial charge in [0.15, 0.2) is 0 Å². The van der Waals surface area contributed by atoms with Gasteiger partial charge in [0.25, 0.3) is 5.56 Å². The molecule has 0 fully saturated rings. The van der Waals surface area contributed by atoms with Crippen molar-refractivity contribution in [2.75, 3.05) is 6.54 Å². The second-order valence-corrected chi connectivity index (χ2v) is 6.63. The van der Waals surface area contributed by atoms with Crippen LogP contribution in [-0.4, -0.2) is 17.0 Å². The summed E-state index contributed by atoms with van der Waals surface area (Å²) < 4.78 is 1.77. The number of benzene rings is 1. The molecule has 25 heavy (non-hydrogen) atoms. The molecular formula is C20H25ClN2O2. The molecule has 4 nitrogen and oxygen atoms in total. The Balaban J connectivity index is 1.58. The lowest BCUT2D eigenvalue weighted by Crippen LogP contribution is -2.25. The highest BCUT2D eigenvalue weighted by Crippen LogP contribution is 2.11. The van der Waals surface area contributed by atoms with Crippen LogP contribution in [0.15, 0.2) is 47.3 Å². The Labute approximate surface area is 153 Å². The van der Waals surface area contributed by atoms with Crippen LogP contribution in [0.4, 0.5) is 0 Å². The maximum absolute atomic E-state index is 11.8. The molecule has 0 radical (unpaired) electrons. The number of hydrogen-bond acceptors (Lipinski definition) is 2. The zero-order valence-electron chi connectivity index (χ0n) is 14.6. The van der Waals surface area contributed by atoms with Crippen molar-refractivity contribution in [3.63, 3.8) is 0 Å². The fourth-order valence-corrected chi connectivity index (χ4v) is 2.85. The largest absolute Gasteiger partial charge is 0.356 e. The van der Waals surface area contributed by atoms with Gasteiger partial charge in [-0.25, -0.2) is 0 Å². The highest BCUT2D eigenvalue weighted by molar-refractivity contribution is 6.30. The molecule has 0 aliphatic heterocycles. The third kappa shape index (κ3) is 6.75. The van der Waals surface area contributed by atoms with E-state index in [1.807, 2.05) is 37.3 Å². The van der Waals surface area contributed by atoms with Gasteiger partial charge in [-0.3, -0.25) is 9.59 Å². The lowest BCUT2D eigenvalue weighted by molar-refractivity contribution is -0.121. The SMILES string of the molecule is Cc1cccc(=O)n1CCCCNC(=O)CCCc1ccc(Cl)cc1. The number of aromatic nitrogens is 1. The van der Waals surface area contributed by atoms with Crippen LogP contribution in [0.2, 0.25) is 5.02 Å². The average Bonchev–Trinajstić information content (AvgIpc) is 2.58. The van der Waals surface area contributed by atoms with E-state index in [0.717, 1.165) is 36.4 Å². The second-order valence-electron chi connectivity index (χ2n) is 6.19. The first-order chi connectivity index (χ1) is 12.1. The van der Waals surface area contributed by atoms with Crippen LogP contribution in [0.3, 0.4) is 0 Å². The summed E-state index contributed by atoms with van der Waals surface area (Å²) in [7, 11) is 0. The molecule has 0 spiro atoms. The van der Waals surface area contributed by atoms with Crippen molar-refractivity contribution in [1.82, 2.24) is 9.88 Å². The number of carbonyl (C=O) groups excluding carboxylic acids is 1. The molecule has 1 amide bonds. The zero-order chi connectivity index (χ0) is 18.1. The Kier molecular flexibility index (Phi) is 7.74. The Morgan fingerprint density at radius 3 is 2.56 bits per heavy atom. The summed E-state index contributed by atoms with van der Waals surface area (Å²) in [6, 6.07) is 13.0.